The molecule has 5 rings (SSSR count). The van der Waals surface area contributed by atoms with Crippen molar-refractivity contribution in [2.24, 2.45) is 0 Å². The van der Waals surface area contributed by atoms with Gasteiger partial charge in [0.1, 0.15) is 23.7 Å². The molecule has 1 aromatic carbocycles. The highest BCUT2D eigenvalue weighted by molar-refractivity contribution is 6.06. The molecule has 3 aromatic rings. The first-order valence-corrected chi connectivity index (χ1v) is 11.8. The molecule has 0 bridgehead atoms. The Bertz CT molecular complexity index is 1300. The highest BCUT2D eigenvalue weighted by Crippen LogP contribution is 2.46. The third kappa shape index (κ3) is 5.43. The van der Waals surface area contributed by atoms with E-state index in [0.29, 0.717) is 18.7 Å². The van der Waals surface area contributed by atoms with Gasteiger partial charge in [-0.1, -0.05) is 42.0 Å². The molecule has 2 amide bonds. The second-order valence-electron chi connectivity index (χ2n) is 10.1. The number of rotatable bonds is 3. The third-order valence-corrected chi connectivity index (χ3v) is 6.04. The summed E-state index contributed by atoms with van der Waals surface area (Å²) in [7, 11) is 0. The maximum absolute atomic E-state index is 12.7. The van der Waals surface area contributed by atoms with Crippen molar-refractivity contribution in [3.8, 4) is 0 Å². The Balaban J connectivity index is 0.000000375. The maximum Gasteiger partial charge on any atom is 0.325 e. The normalized spacial score (nSPS) is 17.4. The molecule has 1 unspecified atom stereocenters. The number of esters is 1. The van der Waals surface area contributed by atoms with Gasteiger partial charge in [0.2, 0.25) is 5.91 Å². The summed E-state index contributed by atoms with van der Waals surface area (Å²) < 4.78 is 5.18. The first-order chi connectivity index (χ1) is 17.1. The number of fused-ring (bicyclic) bond motifs is 3. The lowest BCUT2D eigenvalue weighted by Gasteiger charge is -2.20. The van der Waals surface area contributed by atoms with Gasteiger partial charge in [-0.05, 0) is 63.8 Å². The van der Waals surface area contributed by atoms with E-state index in [1.165, 1.54) is 5.56 Å². The average Bonchev–Trinajstić information content (AvgIpc) is 3.34. The number of nitrogens with one attached hydrogen (secondary N) is 2. The van der Waals surface area contributed by atoms with Crippen LogP contribution in [0.2, 0.25) is 0 Å². The summed E-state index contributed by atoms with van der Waals surface area (Å²) in [5.74, 6) is -0.470. The molecule has 36 heavy (non-hydrogen) atoms. The lowest BCUT2D eigenvalue weighted by atomic mass is 9.79. The summed E-state index contributed by atoms with van der Waals surface area (Å²) in [6.45, 7) is 7.13. The molecular weight excluding hydrogens is 456 g/mol. The number of carbonyl (C=O) groups excluding carboxylic acids is 3. The molecule has 0 saturated carbocycles. The van der Waals surface area contributed by atoms with Crippen molar-refractivity contribution in [2.75, 3.05) is 11.9 Å². The van der Waals surface area contributed by atoms with Crippen LogP contribution in [0.1, 0.15) is 53.5 Å². The van der Waals surface area contributed by atoms with E-state index in [4.69, 9.17) is 4.74 Å². The van der Waals surface area contributed by atoms with Crippen LogP contribution in [0.3, 0.4) is 0 Å². The molecule has 8 heteroatoms. The van der Waals surface area contributed by atoms with Gasteiger partial charge in [-0.2, -0.15) is 0 Å². The van der Waals surface area contributed by atoms with Crippen LogP contribution in [0, 0.1) is 6.92 Å². The van der Waals surface area contributed by atoms with Crippen molar-refractivity contribution in [3.05, 3.63) is 88.9 Å². The van der Waals surface area contributed by atoms with E-state index in [-0.39, 0.29) is 18.1 Å². The topological polar surface area (TPSA) is 110 Å². The standard InChI is InChI=1S/C21H22N4O4.C7H8/c1-20(2,3)29-16(26)11-24-18(27)15-7-12-8-21(9-13(12)10-23-15)14-5-4-6-22-17(14)25-19(21)28;1-7-5-3-2-4-6-7/h4-7,10H,8-9,11H2,1-3H3,(H,24,27)(H,22,25,28);2-6H,1H3. The van der Waals surface area contributed by atoms with E-state index in [2.05, 4.69) is 39.7 Å². The molecule has 0 saturated heterocycles. The summed E-state index contributed by atoms with van der Waals surface area (Å²) in [5.41, 5.74) is 2.90. The zero-order valence-corrected chi connectivity index (χ0v) is 20.9. The lowest BCUT2D eigenvalue weighted by Crippen LogP contribution is -2.35. The van der Waals surface area contributed by atoms with Crippen LogP contribution in [-0.2, 0) is 32.6 Å². The largest absolute Gasteiger partial charge is 0.459 e. The van der Waals surface area contributed by atoms with E-state index in [1.807, 2.05) is 30.3 Å². The zero-order valence-electron chi connectivity index (χ0n) is 20.9. The van der Waals surface area contributed by atoms with Crippen molar-refractivity contribution in [1.29, 1.82) is 0 Å². The van der Waals surface area contributed by atoms with Crippen molar-refractivity contribution < 1.29 is 19.1 Å². The Morgan fingerprint density at radius 2 is 1.78 bits per heavy atom. The van der Waals surface area contributed by atoms with Gasteiger partial charge in [-0.15, -0.1) is 0 Å². The molecule has 0 fully saturated rings. The summed E-state index contributed by atoms with van der Waals surface area (Å²) in [6, 6.07) is 15.7. The first-order valence-electron chi connectivity index (χ1n) is 11.8. The fraction of sp³-hybridized carbons (Fsp3) is 0.321. The Morgan fingerprint density at radius 1 is 1.06 bits per heavy atom. The van der Waals surface area contributed by atoms with E-state index < -0.39 is 22.9 Å². The molecule has 1 aliphatic heterocycles. The van der Waals surface area contributed by atoms with Crippen molar-refractivity contribution in [1.82, 2.24) is 15.3 Å². The van der Waals surface area contributed by atoms with Gasteiger partial charge in [0.05, 0.1) is 5.41 Å². The minimum atomic E-state index is -0.709. The van der Waals surface area contributed by atoms with E-state index in [1.54, 1.807) is 39.2 Å². The fourth-order valence-corrected chi connectivity index (χ4v) is 4.43. The van der Waals surface area contributed by atoms with Crippen molar-refractivity contribution >= 4 is 23.6 Å². The van der Waals surface area contributed by atoms with Gasteiger partial charge in [0.25, 0.3) is 5.91 Å². The number of ether oxygens (including phenoxy) is 1. The highest BCUT2D eigenvalue weighted by Gasteiger charge is 2.51. The van der Waals surface area contributed by atoms with Crippen LogP contribution in [0.25, 0.3) is 0 Å². The van der Waals surface area contributed by atoms with Crippen LogP contribution in [0.4, 0.5) is 5.82 Å². The molecule has 1 aliphatic carbocycles. The van der Waals surface area contributed by atoms with Gasteiger partial charge < -0.3 is 15.4 Å². The Labute approximate surface area is 210 Å². The SMILES string of the molecule is CC(C)(C)OC(=O)CNC(=O)c1cc2c(cn1)CC1(C2)C(=O)Nc2ncccc21.Cc1ccccc1. The minimum Gasteiger partial charge on any atom is -0.459 e. The van der Waals surface area contributed by atoms with Gasteiger partial charge in [0, 0.05) is 18.0 Å². The molecular formula is C28H30N4O4. The molecule has 1 spiro atoms. The van der Waals surface area contributed by atoms with Gasteiger partial charge in [-0.25, -0.2) is 4.98 Å². The third-order valence-electron chi connectivity index (χ3n) is 6.04. The number of aromatic nitrogens is 2. The van der Waals surface area contributed by atoms with Gasteiger partial charge in [-0.3, -0.25) is 19.4 Å². The van der Waals surface area contributed by atoms with Gasteiger partial charge >= 0.3 is 5.97 Å². The molecule has 2 aliphatic rings. The Kier molecular flexibility index (Phi) is 6.88. The van der Waals surface area contributed by atoms with Crippen molar-refractivity contribution in [2.45, 2.75) is 51.6 Å². The predicted molar refractivity (Wildman–Crippen MR) is 136 cm³/mol. The molecule has 3 heterocycles. The van der Waals surface area contributed by atoms with E-state index >= 15 is 0 Å². The van der Waals surface area contributed by atoms with Crippen LogP contribution < -0.4 is 10.6 Å². The van der Waals surface area contributed by atoms with Crippen LogP contribution in [0.5, 0.6) is 0 Å². The number of hydrogen-bond acceptors (Lipinski definition) is 6. The van der Waals surface area contributed by atoms with Crippen molar-refractivity contribution in [3.63, 3.8) is 0 Å². The molecule has 0 radical (unpaired) electrons. The fourth-order valence-electron chi connectivity index (χ4n) is 4.43. The molecule has 1 atom stereocenters. The zero-order chi connectivity index (χ0) is 25.9. The minimum absolute atomic E-state index is 0.0849. The molecule has 2 aromatic heterocycles. The summed E-state index contributed by atoms with van der Waals surface area (Å²) in [6.07, 6.45) is 4.27. The number of anilines is 1. The number of pyridine rings is 2. The smallest absolute Gasteiger partial charge is 0.325 e. The van der Waals surface area contributed by atoms with E-state index in [9.17, 15) is 14.4 Å². The second-order valence-corrected chi connectivity index (χ2v) is 10.1. The highest BCUT2D eigenvalue weighted by atomic mass is 16.6. The quantitative estimate of drug-likeness (QED) is 0.548. The predicted octanol–water partition coefficient (Wildman–Crippen LogP) is 3.53. The molecule has 8 nitrogen and oxygen atoms in total. The van der Waals surface area contributed by atoms with E-state index in [0.717, 1.165) is 16.7 Å². The van der Waals surface area contributed by atoms with Crippen LogP contribution >= 0.6 is 0 Å². The number of amides is 2. The number of benzene rings is 1. The molecule has 186 valence electrons. The maximum atomic E-state index is 12.7. The van der Waals surface area contributed by atoms with Crippen LogP contribution in [-0.4, -0.2) is 39.9 Å². The summed E-state index contributed by atoms with van der Waals surface area (Å²) in [5, 5.41) is 5.39. The number of carbonyl (C=O) groups is 3. The Morgan fingerprint density at radius 3 is 2.44 bits per heavy atom. The first kappa shape index (κ1) is 25.0. The summed E-state index contributed by atoms with van der Waals surface area (Å²) in [4.78, 5) is 45.4. The monoisotopic (exact) mass is 486 g/mol. The van der Waals surface area contributed by atoms with Crippen LogP contribution in [0.15, 0.2) is 60.9 Å². The summed E-state index contributed by atoms with van der Waals surface area (Å²) >= 11 is 0. The Hall–Kier alpha value is -4.07. The van der Waals surface area contributed by atoms with Gasteiger partial charge in [0.15, 0.2) is 0 Å². The number of nitrogens with zero attached hydrogens (tertiary/aromatic N) is 2. The second kappa shape index (κ2) is 9.89. The lowest BCUT2D eigenvalue weighted by molar-refractivity contribution is -0.153. The molecule has 2 N–H and O–H groups in total. The number of hydrogen-bond donors (Lipinski definition) is 2. The average molecular weight is 487 g/mol. The number of aryl methyl sites for hydroxylation is 1.